The van der Waals surface area contributed by atoms with Gasteiger partial charge in [-0.15, -0.1) is 0 Å². The van der Waals surface area contributed by atoms with E-state index in [2.05, 4.69) is 15.3 Å². The van der Waals surface area contributed by atoms with Gasteiger partial charge < -0.3 is 10.2 Å². The molecule has 9 heteroatoms. The average Bonchev–Trinajstić information content (AvgIpc) is 2.83. The van der Waals surface area contributed by atoms with Gasteiger partial charge in [0.05, 0.1) is 11.8 Å². The highest BCUT2D eigenvalue weighted by Gasteiger charge is 2.30. The Bertz CT molecular complexity index is 1060. The van der Waals surface area contributed by atoms with Gasteiger partial charge in [-0.05, 0) is 29.7 Å². The molecule has 0 aliphatic carbocycles. The summed E-state index contributed by atoms with van der Waals surface area (Å²) in [6, 6.07) is 14.4. The third kappa shape index (κ3) is 7.41. The van der Waals surface area contributed by atoms with Gasteiger partial charge in [-0.1, -0.05) is 42.5 Å². The molecule has 33 heavy (non-hydrogen) atoms. The van der Waals surface area contributed by atoms with Crippen LogP contribution < -0.4 is 5.32 Å². The molecule has 0 atom stereocenters. The molecular weight excluding hydrogens is 433 g/mol. The number of hydrogen-bond donors (Lipinski definition) is 1. The topological polar surface area (TPSA) is 75.2 Å². The first-order valence-electron chi connectivity index (χ1n) is 10.3. The van der Waals surface area contributed by atoms with Crippen molar-refractivity contribution in [3.63, 3.8) is 0 Å². The maximum atomic E-state index is 12.9. The second-order valence-electron chi connectivity index (χ2n) is 7.34. The van der Waals surface area contributed by atoms with Gasteiger partial charge in [0, 0.05) is 38.4 Å². The number of carbonyl (C=O) groups excluding carboxylic acids is 2. The van der Waals surface area contributed by atoms with Crippen LogP contribution in [0.1, 0.15) is 33.6 Å². The Kier molecular flexibility index (Phi) is 8.12. The minimum atomic E-state index is -4.44. The predicted octanol–water partition coefficient (Wildman–Crippen LogP) is 3.89. The van der Waals surface area contributed by atoms with Crippen LogP contribution in [0, 0.1) is 0 Å². The van der Waals surface area contributed by atoms with Crippen molar-refractivity contribution in [2.45, 2.75) is 25.6 Å². The second-order valence-corrected chi connectivity index (χ2v) is 7.34. The molecule has 2 amide bonds. The summed E-state index contributed by atoms with van der Waals surface area (Å²) in [4.78, 5) is 34.7. The maximum Gasteiger partial charge on any atom is 0.416 e. The standard InChI is InChI=1S/C24H23F3N4O2/c25-24(26,27)20-8-4-7-19(15-20)16-30-22(32)10-14-31(13-9-18-5-2-1-3-6-18)23(33)21-17-28-11-12-29-21/h1-8,11-12,15,17H,9-10,13-14,16H2,(H,30,32). The number of nitrogens with zero attached hydrogens (tertiary/aromatic N) is 3. The third-order valence-corrected chi connectivity index (χ3v) is 4.94. The molecule has 0 fully saturated rings. The van der Waals surface area contributed by atoms with Gasteiger partial charge in [-0.25, -0.2) is 4.98 Å². The summed E-state index contributed by atoms with van der Waals surface area (Å²) < 4.78 is 38.6. The van der Waals surface area contributed by atoms with Crippen molar-refractivity contribution in [1.82, 2.24) is 20.2 Å². The van der Waals surface area contributed by atoms with Crippen LogP contribution in [0.25, 0.3) is 0 Å². The van der Waals surface area contributed by atoms with Crippen LogP contribution in [0.3, 0.4) is 0 Å². The quantitative estimate of drug-likeness (QED) is 0.530. The molecule has 3 rings (SSSR count). The minimum absolute atomic E-state index is 0.000245. The monoisotopic (exact) mass is 456 g/mol. The van der Waals surface area contributed by atoms with Crippen molar-refractivity contribution in [1.29, 1.82) is 0 Å². The normalized spacial score (nSPS) is 11.1. The molecule has 3 aromatic rings. The number of rotatable bonds is 9. The Hall–Kier alpha value is -3.75. The lowest BCUT2D eigenvalue weighted by atomic mass is 10.1. The molecule has 6 nitrogen and oxygen atoms in total. The molecule has 1 heterocycles. The zero-order valence-electron chi connectivity index (χ0n) is 17.8. The first kappa shape index (κ1) is 23.9. The van der Waals surface area contributed by atoms with Crippen molar-refractivity contribution in [2.75, 3.05) is 13.1 Å². The highest BCUT2D eigenvalue weighted by molar-refractivity contribution is 5.92. The summed E-state index contributed by atoms with van der Waals surface area (Å²) in [7, 11) is 0. The molecule has 0 aliphatic rings. The fourth-order valence-electron chi connectivity index (χ4n) is 3.18. The molecule has 0 bridgehead atoms. The summed E-state index contributed by atoms with van der Waals surface area (Å²) in [5.41, 5.74) is 0.795. The molecule has 1 N–H and O–H groups in total. The van der Waals surface area contributed by atoms with Crippen LogP contribution in [0.15, 0.2) is 73.2 Å². The lowest BCUT2D eigenvalue weighted by molar-refractivity contribution is -0.137. The molecule has 0 saturated heterocycles. The molecular formula is C24H23F3N4O2. The first-order chi connectivity index (χ1) is 15.8. The van der Waals surface area contributed by atoms with Gasteiger partial charge in [0.2, 0.25) is 5.91 Å². The van der Waals surface area contributed by atoms with Gasteiger partial charge in [0.15, 0.2) is 0 Å². The fourth-order valence-corrected chi connectivity index (χ4v) is 3.18. The van der Waals surface area contributed by atoms with Crippen molar-refractivity contribution < 1.29 is 22.8 Å². The third-order valence-electron chi connectivity index (χ3n) is 4.94. The van der Waals surface area contributed by atoms with Crippen LogP contribution in [0.2, 0.25) is 0 Å². The van der Waals surface area contributed by atoms with E-state index in [-0.39, 0.29) is 37.0 Å². The van der Waals surface area contributed by atoms with Crippen molar-refractivity contribution in [3.05, 3.63) is 95.6 Å². The second kappa shape index (κ2) is 11.2. The van der Waals surface area contributed by atoms with Gasteiger partial charge in [0.25, 0.3) is 5.91 Å². The van der Waals surface area contributed by atoms with Gasteiger partial charge in [-0.2, -0.15) is 13.2 Å². The highest BCUT2D eigenvalue weighted by Crippen LogP contribution is 2.29. The molecule has 0 radical (unpaired) electrons. The van der Waals surface area contributed by atoms with Crippen LogP contribution >= 0.6 is 0 Å². The summed E-state index contributed by atoms with van der Waals surface area (Å²) >= 11 is 0. The Balaban J connectivity index is 1.58. The van der Waals surface area contributed by atoms with E-state index in [4.69, 9.17) is 0 Å². The average molecular weight is 456 g/mol. The van der Waals surface area contributed by atoms with Gasteiger partial charge in [-0.3, -0.25) is 14.6 Å². The zero-order valence-corrected chi connectivity index (χ0v) is 17.8. The van der Waals surface area contributed by atoms with E-state index in [1.54, 1.807) is 0 Å². The van der Waals surface area contributed by atoms with Crippen molar-refractivity contribution >= 4 is 11.8 Å². The smallest absolute Gasteiger partial charge is 0.352 e. The fraction of sp³-hybridized carbons (Fsp3) is 0.250. The molecule has 0 unspecified atom stereocenters. The first-order valence-corrected chi connectivity index (χ1v) is 10.3. The summed E-state index contributed by atoms with van der Waals surface area (Å²) in [6.07, 6.45) is 0.403. The highest BCUT2D eigenvalue weighted by atomic mass is 19.4. The number of alkyl halides is 3. The number of amides is 2. The number of halogens is 3. The number of nitrogens with one attached hydrogen (secondary N) is 1. The summed E-state index contributed by atoms with van der Waals surface area (Å²) in [5, 5.41) is 2.61. The van der Waals surface area contributed by atoms with Crippen LogP contribution in [-0.4, -0.2) is 39.8 Å². The maximum absolute atomic E-state index is 12.9. The molecule has 0 spiro atoms. The van der Waals surface area contributed by atoms with Crippen LogP contribution in [0.5, 0.6) is 0 Å². The molecule has 0 aliphatic heterocycles. The van der Waals surface area contributed by atoms with Gasteiger partial charge in [0.1, 0.15) is 5.69 Å². The minimum Gasteiger partial charge on any atom is -0.352 e. The molecule has 1 aromatic heterocycles. The van der Waals surface area contributed by atoms with E-state index in [0.29, 0.717) is 18.5 Å². The largest absolute Gasteiger partial charge is 0.416 e. The zero-order chi connectivity index (χ0) is 23.7. The Morgan fingerprint density at radius 2 is 1.70 bits per heavy atom. The number of benzene rings is 2. The summed E-state index contributed by atoms with van der Waals surface area (Å²) in [6.45, 7) is 0.474. The Morgan fingerprint density at radius 3 is 2.39 bits per heavy atom. The van der Waals surface area contributed by atoms with Gasteiger partial charge >= 0.3 is 6.18 Å². The van der Waals surface area contributed by atoms with E-state index < -0.39 is 11.7 Å². The van der Waals surface area contributed by atoms with E-state index >= 15 is 0 Å². The van der Waals surface area contributed by atoms with Crippen LogP contribution in [-0.2, 0) is 23.9 Å². The number of aromatic nitrogens is 2. The molecule has 0 saturated carbocycles. The van der Waals surface area contributed by atoms with E-state index in [1.165, 1.54) is 35.6 Å². The van der Waals surface area contributed by atoms with E-state index in [0.717, 1.165) is 17.7 Å². The Morgan fingerprint density at radius 1 is 0.939 bits per heavy atom. The SMILES string of the molecule is O=C(CCN(CCc1ccccc1)C(=O)c1cnccn1)NCc1cccc(C(F)(F)F)c1. The van der Waals surface area contributed by atoms with E-state index in [9.17, 15) is 22.8 Å². The summed E-state index contributed by atoms with van der Waals surface area (Å²) in [5.74, 6) is -0.714. The lowest BCUT2D eigenvalue weighted by Crippen LogP contribution is -2.37. The van der Waals surface area contributed by atoms with Crippen LogP contribution in [0.4, 0.5) is 13.2 Å². The van der Waals surface area contributed by atoms with Crippen molar-refractivity contribution in [2.24, 2.45) is 0 Å². The predicted molar refractivity (Wildman–Crippen MR) is 116 cm³/mol. The number of hydrogen-bond acceptors (Lipinski definition) is 4. The van der Waals surface area contributed by atoms with Crippen molar-refractivity contribution in [3.8, 4) is 0 Å². The van der Waals surface area contributed by atoms with E-state index in [1.807, 2.05) is 30.3 Å². The molecule has 2 aromatic carbocycles. The number of carbonyl (C=O) groups is 2. The molecule has 172 valence electrons. The lowest BCUT2D eigenvalue weighted by Gasteiger charge is -2.22. The Labute approximate surface area is 189 Å².